The highest BCUT2D eigenvalue weighted by Crippen LogP contribution is 2.46. The Bertz CT molecular complexity index is 287. The third-order valence-electron chi connectivity index (χ3n) is 4.02. The molecule has 1 saturated carbocycles. The summed E-state index contributed by atoms with van der Waals surface area (Å²) < 4.78 is 5.85. The van der Waals surface area contributed by atoms with Crippen molar-refractivity contribution in [1.82, 2.24) is 0 Å². The Hall–Kier alpha value is -0.670. The van der Waals surface area contributed by atoms with E-state index in [4.69, 9.17) is 9.84 Å². The van der Waals surface area contributed by atoms with Gasteiger partial charge in [-0.2, -0.15) is 0 Å². The molecule has 2 rings (SSSR count). The summed E-state index contributed by atoms with van der Waals surface area (Å²) in [5, 5.41) is 9.13. The van der Waals surface area contributed by atoms with Gasteiger partial charge in [0.1, 0.15) is 5.78 Å². The summed E-state index contributed by atoms with van der Waals surface area (Å²) in [7, 11) is 0. The number of hydrogen-bond acceptors (Lipinski definition) is 3. The first-order valence-electron chi connectivity index (χ1n) is 6.13. The van der Waals surface area contributed by atoms with Crippen LogP contribution in [-0.4, -0.2) is 29.7 Å². The number of aliphatic hydroxyl groups is 1. The summed E-state index contributed by atoms with van der Waals surface area (Å²) in [6.07, 6.45) is 6.63. The molecule has 90 valence electrons. The normalized spacial score (nSPS) is 39.2. The van der Waals surface area contributed by atoms with E-state index in [1.54, 1.807) is 0 Å². The molecule has 16 heavy (non-hydrogen) atoms. The average Bonchev–Trinajstić information content (AvgIpc) is 2.30. The van der Waals surface area contributed by atoms with Gasteiger partial charge in [0.2, 0.25) is 0 Å². The van der Waals surface area contributed by atoms with E-state index in [0.717, 1.165) is 25.7 Å². The number of ketones is 1. The van der Waals surface area contributed by atoms with E-state index in [9.17, 15) is 4.79 Å². The maximum Gasteiger partial charge on any atom is 0.141 e. The van der Waals surface area contributed by atoms with Crippen molar-refractivity contribution in [2.75, 3.05) is 6.61 Å². The number of ether oxygens (including phenoxy) is 1. The van der Waals surface area contributed by atoms with Gasteiger partial charge >= 0.3 is 0 Å². The van der Waals surface area contributed by atoms with E-state index >= 15 is 0 Å². The molecular formula is C13H20O3. The first-order chi connectivity index (χ1) is 7.73. The van der Waals surface area contributed by atoms with Crippen molar-refractivity contribution < 1.29 is 14.6 Å². The van der Waals surface area contributed by atoms with Crippen LogP contribution in [0.2, 0.25) is 0 Å². The Balaban J connectivity index is 2.19. The van der Waals surface area contributed by atoms with E-state index in [0.29, 0.717) is 18.6 Å². The second kappa shape index (κ2) is 4.68. The van der Waals surface area contributed by atoms with Crippen molar-refractivity contribution in [3.8, 4) is 0 Å². The molecule has 0 aromatic heterocycles. The van der Waals surface area contributed by atoms with Gasteiger partial charge in [-0.05, 0) is 32.1 Å². The number of hydrogen-bond donors (Lipinski definition) is 1. The van der Waals surface area contributed by atoms with E-state index in [-0.39, 0.29) is 24.2 Å². The topological polar surface area (TPSA) is 46.5 Å². The maximum atomic E-state index is 12.1. The quantitative estimate of drug-likeness (QED) is 0.744. The minimum Gasteiger partial charge on any atom is -0.394 e. The van der Waals surface area contributed by atoms with Gasteiger partial charge in [-0.15, -0.1) is 6.58 Å². The summed E-state index contributed by atoms with van der Waals surface area (Å²) in [6, 6.07) is 0. The number of fused-ring (bicyclic) bond motifs is 1. The number of allylic oxidation sites excluding steroid dienone is 1. The molecule has 1 saturated heterocycles. The van der Waals surface area contributed by atoms with Crippen LogP contribution >= 0.6 is 0 Å². The van der Waals surface area contributed by atoms with Crippen LogP contribution in [0.5, 0.6) is 0 Å². The van der Waals surface area contributed by atoms with Crippen LogP contribution in [-0.2, 0) is 9.53 Å². The van der Waals surface area contributed by atoms with Gasteiger partial charge in [-0.1, -0.05) is 6.08 Å². The van der Waals surface area contributed by atoms with Crippen LogP contribution in [0.25, 0.3) is 0 Å². The molecule has 0 radical (unpaired) electrons. The zero-order chi connectivity index (χ0) is 11.6. The molecule has 0 unspecified atom stereocenters. The second-order valence-electron chi connectivity index (χ2n) is 4.93. The lowest BCUT2D eigenvalue weighted by Crippen LogP contribution is -2.52. The molecule has 0 aromatic rings. The van der Waals surface area contributed by atoms with Crippen LogP contribution in [0, 0.1) is 5.41 Å². The summed E-state index contributed by atoms with van der Waals surface area (Å²) in [6.45, 7) is 3.82. The molecule has 0 bridgehead atoms. The number of rotatable bonds is 3. The molecule has 3 heteroatoms. The summed E-state index contributed by atoms with van der Waals surface area (Å²) in [5.41, 5.74) is -0.328. The summed E-state index contributed by atoms with van der Waals surface area (Å²) >= 11 is 0. The van der Waals surface area contributed by atoms with Crippen LogP contribution in [0.4, 0.5) is 0 Å². The molecule has 3 atom stereocenters. The first-order valence-corrected chi connectivity index (χ1v) is 6.13. The molecule has 1 N–H and O–H groups in total. The van der Waals surface area contributed by atoms with E-state index in [1.165, 1.54) is 0 Å². The average molecular weight is 224 g/mol. The molecule has 1 aliphatic carbocycles. The summed E-state index contributed by atoms with van der Waals surface area (Å²) in [5.74, 6) is 0.333. The van der Waals surface area contributed by atoms with Crippen molar-refractivity contribution in [3.63, 3.8) is 0 Å². The number of carbonyl (C=O) groups excluding carboxylic acids is 1. The van der Waals surface area contributed by atoms with Crippen molar-refractivity contribution in [1.29, 1.82) is 0 Å². The highest BCUT2D eigenvalue weighted by Gasteiger charge is 2.50. The first kappa shape index (κ1) is 11.8. The molecule has 1 aliphatic heterocycles. The van der Waals surface area contributed by atoms with Crippen molar-refractivity contribution >= 4 is 5.78 Å². The Morgan fingerprint density at radius 1 is 1.56 bits per heavy atom. The van der Waals surface area contributed by atoms with E-state index in [2.05, 4.69) is 6.58 Å². The van der Waals surface area contributed by atoms with Gasteiger partial charge in [0.25, 0.3) is 0 Å². The Kier molecular flexibility index (Phi) is 3.45. The van der Waals surface area contributed by atoms with Gasteiger partial charge in [0.05, 0.1) is 24.2 Å². The van der Waals surface area contributed by atoms with Crippen LogP contribution in [0.1, 0.15) is 38.5 Å². The zero-order valence-electron chi connectivity index (χ0n) is 9.65. The molecule has 3 nitrogen and oxygen atoms in total. The molecule has 0 amide bonds. The number of aliphatic hydroxyl groups excluding tert-OH is 1. The van der Waals surface area contributed by atoms with Crippen LogP contribution in [0.3, 0.4) is 0 Å². The fourth-order valence-electron chi connectivity index (χ4n) is 3.11. The standard InChI is InChI=1S/C13H20O3/c1-2-7-13-8-6-10(9-14)16-12(13)5-3-4-11(13)15/h2,10,12,14H,1,3-9H2/t10-,12-,13+/m0/s1. The van der Waals surface area contributed by atoms with Gasteiger partial charge in [-0.3, -0.25) is 4.79 Å². The fourth-order valence-corrected chi connectivity index (χ4v) is 3.11. The SMILES string of the molecule is C=CC[C@]12CC[C@@H](CO)O[C@H]1CCCC2=O. The molecule has 0 aromatic carbocycles. The van der Waals surface area contributed by atoms with Gasteiger partial charge in [0, 0.05) is 6.42 Å². The predicted molar refractivity (Wildman–Crippen MR) is 61.1 cm³/mol. The third-order valence-corrected chi connectivity index (χ3v) is 4.02. The monoisotopic (exact) mass is 224 g/mol. The Labute approximate surface area is 96.5 Å². The number of Topliss-reactive ketones (excluding diaryl/α,β-unsaturated/α-hetero) is 1. The lowest BCUT2D eigenvalue weighted by atomic mass is 9.64. The smallest absolute Gasteiger partial charge is 0.141 e. The van der Waals surface area contributed by atoms with Gasteiger partial charge in [0.15, 0.2) is 0 Å². The molecular weight excluding hydrogens is 204 g/mol. The van der Waals surface area contributed by atoms with Crippen LogP contribution < -0.4 is 0 Å². The zero-order valence-corrected chi connectivity index (χ0v) is 9.65. The lowest BCUT2D eigenvalue weighted by molar-refractivity contribution is -0.172. The largest absolute Gasteiger partial charge is 0.394 e. The number of carbonyl (C=O) groups is 1. The maximum absolute atomic E-state index is 12.1. The third kappa shape index (κ3) is 1.82. The molecule has 0 spiro atoms. The van der Waals surface area contributed by atoms with Crippen LogP contribution in [0.15, 0.2) is 12.7 Å². The summed E-state index contributed by atoms with van der Waals surface area (Å²) in [4.78, 5) is 12.1. The Morgan fingerprint density at radius 3 is 3.06 bits per heavy atom. The van der Waals surface area contributed by atoms with Gasteiger partial charge < -0.3 is 9.84 Å². The van der Waals surface area contributed by atoms with E-state index in [1.807, 2.05) is 6.08 Å². The minimum absolute atomic E-state index is 0.00218. The highest BCUT2D eigenvalue weighted by molar-refractivity contribution is 5.86. The molecule has 2 fully saturated rings. The van der Waals surface area contributed by atoms with Crippen molar-refractivity contribution in [2.45, 2.75) is 50.7 Å². The highest BCUT2D eigenvalue weighted by atomic mass is 16.5. The van der Waals surface area contributed by atoms with Crippen molar-refractivity contribution in [3.05, 3.63) is 12.7 Å². The molecule has 1 heterocycles. The minimum atomic E-state index is -0.328. The second-order valence-corrected chi connectivity index (χ2v) is 4.93. The fraction of sp³-hybridized carbons (Fsp3) is 0.769. The predicted octanol–water partition coefficient (Wildman–Crippen LogP) is 1.84. The van der Waals surface area contributed by atoms with E-state index < -0.39 is 0 Å². The Morgan fingerprint density at radius 2 is 2.38 bits per heavy atom. The molecule has 2 aliphatic rings. The lowest BCUT2D eigenvalue weighted by Gasteiger charge is -2.47. The van der Waals surface area contributed by atoms with Crippen molar-refractivity contribution in [2.24, 2.45) is 5.41 Å². The van der Waals surface area contributed by atoms with Gasteiger partial charge in [-0.25, -0.2) is 0 Å².